The fourth-order valence-corrected chi connectivity index (χ4v) is 5.21. The maximum absolute atomic E-state index is 13.6. The number of fused-ring (bicyclic) bond motifs is 1. The Morgan fingerprint density at radius 2 is 1.76 bits per heavy atom. The largest absolute Gasteiger partial charge is 0.598 e. The third-order valence-electron chi connectivity index (χ3n) is 5.52. The van der Waals surface area contributed by atoms with Gasteiger partial charge in [0.05, 0.1) is 46.0 Å². The van der Waals surface area contributed by atoms with E-state index in [2.05, 4.69) is 37.8 Å². The fourth-order valence-electron chi connectivity index (χ4n) is 3.74. The van der Waals surface area contributed by atoms with E-state index < -0.39 is 21.6 Å². The van der Waals surface area contributed by atoms with Gasteiger partial charge in [-0.25, -0.2) is 4.98 Å². The first kappa shape index (κ1) is 24.1. The van der Waals surface area contributed by atoms with Gasteiger partial charge in [0.25, 0.3) is 0 Å². The minimum Gasteiger partial charge on any atom is -0.598 e. The SMILES string of the molecule is Cn1cncc1C(N[S+]([O-])C(C)(C)C)(c1ccc(C#N)cc1)c1cc2cc(C#N)cc(Br)c2o1. The summed E-state index contributed by atoms with van der Waals surface area (Å²) in [5.74, 6) is 0.476. The van der Waals surface area contributed by atoms with Crippen molar-refractivity contribution in [2.24, 2.45) is 7.05 Å². The van der Waals surface area contributed by atoms with Crippen LogP contribution in [0.3, 0.4) is 0 Å². The lowest BCUT2D eigenvalue weighted by Crippen LogP contribution is -2.53. The molecule has 2 heterocycles. The molecule has 172 valence electrons. The number of imidazole rings is 1. The normalized spacial score (nSPS) is 14.4. The van der Waals surface area contributed by atoms with E-state index >= 15 is 0 Å². The average molecular weight is 536 g/mol. The first-order valence-corrected chi connectivity index (χ1v) is 12.3. The van der Waals surface area contributed by atoms with Crippen LogP contribution >= 0.6 is 15.9 Å². The highest BCUT2D eigenvalue weighted by Crippen LogP contribution is 2.42. The number of nitrogens with zero attached hydrogens (tertiary/aromatic N) is 4. The molecule has 34 heavy (non-hydrogen) atoms. The van der Waals surface area contributed by atoms with Crippen molar-refractivity contribution < 1.29 is 8.97 Å². The number of furan rings is 1. The number of benzene rings is 2. The molecule has 0 saturated carbocycles. The number of nitriles is 2. The Hall–Kier alpha value is -3.08. The molecule has 4 aromatic rings. The van der Waals surface area contributed by atoms with Crippen LogP contribution < -0.4 is 4.72 Å². The van der Waals surface area contributed by atoms with E-state index in [1.807, 2.05) is 50.6 Å². The number of hydrogen-bond donors (Lipinski definition) is 1. The lowest BCUT2D eigenvalue weighted by molar-refractivity contribution is 0.406. The summed E-state index contributed by atoms with van der Waals surface area (Å²) in [6.07, 6.45) is 3.37. The molecule has 0 fully saturated rings. The summed E-state index contributed by atoms with van der Waals surface area (Å²) < 4.78 is 25.2. The number of aromatic nitrogens is 2. The molecule has 7 nitrogen and oxygen atoms in total. The van der Waals surface area contributed by atoms with Crippen LogP contribution in [0.25, 0.3) is 11.0 Å². The molecule has 0 saturated heterocycles. The van der Waals surface area contributed by atoms with Crippen molar-refractivity contribution in [2.45, 2.75) is 31.1 Å². The maximum atomic E-state index is 13.6. The predicted octanol–water partition coefficient (Wildman–Crippen LogP) is 5.02. The average Bonchev–Trinajstić information content (AvgIpc) is 3.43. The molecule has 1 N–H and O–H groups in total. The summed E-state index contributed by atoms with van der Waals surface area (Å²) in [6.45, 7) is 5.66. The van der Waals surface area contributed by atoms with Gasteiger partial charge in [-0.1, -0.05) is 12.1 Å². The lowest BCUT2D eigenvalue weighted by atomic mass is 9.84. The number of rotatable bonds is 5. The predicted molar refractivity (Wildman–Crippen MR) is 134 cm³/mol. The Bertz CT molecular complexity index is 1440. The van der Waals surface area contributed by atoms with Gasteiger partial charge >= 0.3 is 0 Å². The fraction of sp³-hybridized carbons (Fsp3) is 0.240. The summed E-state index contributed by atoms with van der Waals surface area (Å²) in [6, 6.07) is 16.7. The van der Waals surface area contributed by atoms with E-state index in [9.17, 15) is 15.1 Å². The zero-order chi connectivity index (χ0) is 24.7. The van der Waals surface area contributed by atoms with Crippen LogP contribution in [-0.4, -0.2) is 18.9 Å². The Morgan fingerprint density at radius 3 is 2.32 bits per heavy atom. The minimum atomic E-state index is -1.52. The molecule has 0 bridgehead atoms. The number of halogens is 1. The van der Waals surface area contributed by atoms with Crippen LogP contribution in [0.15, 0.2) is 63.9 Å². The van der Waals surface area contributed by atoms with Gasteiger partial charge in [-0.05, 0) is 72.6 Å². The van der Waals surface area contributed by atoms with Gasteiger partial charge in [-0.3, -0.25) is 0 Å². The van der Waals surface area contributed by atoms with E-state index in [1.54, 1.807) is 36.8 Å². The van der Waals surface area contributed by atoms with Crippen molar-refractivity contribution >= 4 is 38.3 Å². The molecule has 0 aliphatic heterocycles. The standard InChI is InChI=1S/C25H22BrN5O2S/c1-24(2,3)34(32)30-25(21-14-29-15-31(21)4,19-7-5-16(12-27)6-8-19)22-11-18-9-17(13-28)10-20(26)23(18)33-22/h5-11,14-15,30H,1-4H3. The number of hydrogen-bond acceptors (Lipinski definition) is 6. The first-order chi connectivity index (χ1) is 16.1. The van der Waals surface area contributed by atoms with Crippen molar-refractivity contribution in [3.05, 3.63) is 87.6 Å². The Morgan fingerprint density at radius 1 is 1.09 bits per heavy atom. The zero-order valence-corrected chi connectivity index (χ0v) is 21.5. The topological polar surface area (TPSA) is 114 Å². The van der Waals surface area contributed by atoms with Crippen molar-refractivity contribution in [2.75, 3.05) is 0 Å². The molecule has 0 amide bonds. The summed E-state index contributed by atoms with van der Waals surface area (Å²) >= 11 is 1.99. The van der Waals surface area contributed by atoms with E-state index in [-0.39, 0.29) is 0 Å². The van der Waals surface area contributed by atoms with E-state index in [1.165, 1.54) is 0 Å². The van der Waals surface area contributed by atoms with Crippen LogP contribution in [0.4, 0.5) is 0 Å². The van der Waals surface area contributed by atoms with Crippen molar-refractivity contribution in [3.63, 3.8) is 0 Å². The van der Waals surface area contributed by atoms with E-state index in [0.29, 0.717) is 32.6 Å². The van der Waals surface area contributed by atoms with Gasteiger partial charge in [-0.15, -0.1) is 4.72 Å². The molecule has 4 rings (SSSR count). The molecule has 0 aliphatic carbocycles. The van der Waals surface area contributed by atoms with Gasteiger partial charge in [0.15, 0.2) is 5.54 Å². The van der Waals surface area contributed by atoms with Crippen LogP contribution in [0.5, 0.6) is 0 Å². The number of nitrogens with one attached hydrogen (secondary N) is 1. The third-order valence-corrected chi connectivity index (χ3v) is 7.71. The van der Waals surface area contributed by atoms with E-state index in [4.69, 9.17) is 4.42 Å². The molecule has 2 aromatic heterocycles. The molecule has 0 spiro atoms. The van der Waals surface area contributed by atoms with Gasteiger partial charge in [0, 0.05) is 23.8 Å². The highest BCUT2D eigenvalue weighted by Gasteiger charge is 2.48. The van der Waals surface area contributed by atoms with Crippen molar-refractivity contribution in [3.8, 4) is 12.1 Å². The maximum Gasteiger partial charge on any atom is 0.187 e. The van der Waals surface area contributed by atoms with Crippen molar-refractivity contribution in [1.82, 2.24) is 14.3 Å². The summed E-state index contributed by atoms with van der Waals surface area (Å²) in [4.78, 5) is 4.32. The Kier molecular flexibility index (Phi) is 6.32. The van der Waals surface area contributed by atoms with Crippen molar-refractivity contribution in [1.29, 1.82) is 10.5 Å². The molecule has 2 atom stereocenters. The van der Waals surface area contributed by atoms with Gasteiger partial charge in [0.2, 0.25) is 0 Å². The van der Waals surface area contributed by atoms with Crippen LogP contribution in [0.2, 0.25) is 0 Å². The molecule has 9 heteroatoms. The van der Waals surface area contributed by atoms with Crippen LogP contribution in [0, 0.1) is 22.7 Å². The summed E-state index contributed by atoms with van der Waals surface area (Å²) in [5, 5.41) is 19.5. The van der Waals surface area contributed by atoms with Crippen LogP contribution in [0.1, 0.15) is 48.9 Å². The second-order valence-electron chi connectivity index (χ2n) is 8.91. The van der Waals surface area contributed by atoms with Gasteiger partial charge in [-0.2, -0.15) is 10.5 Å². The molecule has 0 radical (unpaired) electrons. The highest BCUT2D eigenvalue weighted by molar-refractivity contribution is 9.10. The second-order valence-corrected chi connectivity index (χ2v) is 11.7. The monoisotopic (exact) mass is 535 g/mol. The first-order valence-electron chi connectivity index (χ1n) is 10.4. The summed E-state index contributed by atoms with van der Waals surface area (Å²) in [7, 11) is 1.86. The smallest absolute Gasteiger partial charge is 0.187 e. The number of aryl methyl sites for hydroxylation is 1. The second kappa shape index (κ2) is 8.94. The lowest BCUT2D eigenvalue weighted by Gasteiger charge is -2.36. The minimum absolute atomic E-state index is 0.476. The van der Waals surface area contributed by atoms with Gasteiger partial charge < -0.3 is 13.5 Å². The Balaban J connectivity index is 2.08. The van der Waals surface area contributed by atoms with Crippen LogP contribution in [-0.2, 0) is 23.9 Å². The Labute approximate surface area is 209 Å². The zero-order valence-electron chi connectivity index (χ0n) is 19.1. The third kappa shape index (κ3) is 4.13. The molecular weight excluding hydrogens is 514 g/mol. The molecule has 2 aromatic carbocycles. The molecular formula is C25H22BrN5O2S. The van der Waals surface area contributed by atoms with E-state index in [0.717, 1.165) is 10.9 Å². The van der Waals surface area contributed by atoms with Gasteiger partial charge in [0.1, 0.15) is 16.1 Å². The highest BCUT2D eigenvalue weighted by atomic mass is 79.9. The summed E-state index contributed by atoms with van der Waals surface area (Å²) in [5.41, 5.74) is 1.78. The molecule has 0 aliphatic rings. The molecule has 2 unspecified atom stereocenters. The quantitative estimate of drug-likeness (QED) is 0.359.